The lowest BCUT2D eigenvalue weighted by molar-refractivity contribution is 0.145. The van der Waals surface area contributed by atoms with E-state index >= 15 is 0 Å². The largest absolute Gasteiger partial charge is 0.503 e. The zero-order valence-corrected chi connectivity index (χ0v) is 7.61. The number of hydrogen-bond acceptors (Lipinski definition) is 2. The van der Waals surface area contributed by atoms with Gasteiger partial charge in [-0.25, -0.2) is 17.6 Å². The van der Waals surface area contributed by atoms with E-state index in [-0.39, 0.29) is 12.1 Å². The van der Waals surface area contributed by atoms with Crippen LogP contribution in [0, 0.1) is 11.6 Å². The first-order valence-corrected chi connectivity index (χ1v) is 4.16. The molecule has 0 aliphatic carbocycles. The normalized spacial score (nSPS) is 11.0. The molecule has 1 aromatic carbocycles. The van der Waals surface area contributed by atoms with E-state index in [1.807, 2.05) is 0 Å². The van der Waals surface area contributed by atoms with Crippen molar-refractivity contribution in [1.29, 1.82) is 0 Å². The molecule has 0 saturated carbocycles. The van der Waals surface area contributed by atoms with Gasteiger partial charge in [0.1, 0.15) is 0 Å². The van der Waals surface area contributed by atoms with Crippen LogP contribution in [-0.4, -0.2) is 18.1 Å². The molecule has 0 saturated heterocycles. The lowest BCUT2D eigenvalue weighted by Gasteiger charge is -2.05. The third-order valence-corrected chi connectivity index (χ3v) is 1.70. The van der Waals surface area contributed by atoms with Crippen molar-refractivity contribution < 1.29 is 22.7 Å². The Kier molecular flexibility index (Phi) is 3.90. The number of phenolic OH excluding ortho intramolecular Hbond substituents is 1. The predicted octanol–water partition coefficient (Wildman–Crippen LogP) is 2.03. The van der Waals surface area contributed by atoms with Crippen molar-refractivity contribution in [3.05, 3.63) is 29.3 Å². The SMILES string of the molecule is Oc1c(F)cc(CNCC(F)F)cc1F. The first kappa shape index (κ1) is 11.8. The summed E-state index contributed by atoms with van der Waals surface area (Å²) in [5.74, 6) is -3.28. The second-order valence-corrected chi connectivity index (χ2v) is 2.93. The minimum absolute atomic E-state index is 0.0849. The molecule has 0 heterocycles. The van der Waals surface area contributed by atoms with Crippen LogP contribution in [0.2, 0.25) is 0 Å². The Morgan fingerprint density at radius 2 is 1.73 bits per heavy atom. The van der Waals surface area contributed by atoms with E-state index in [0.29, 0.717) is 0 Å². The van der Waals surface area contributed by atoms with Crippen molar-refractivity contribution in [1.82, 2.24) is 5.32 Å². The van der Waals surface area contributed by atoms with Crippen LogP contribution in [0.3, 0.4) is 0 Å². The molecule has 2 nitrogen and oxygen atoms in total. The van der Waals surface area contributed by atoms with Gasteiger partial charge >= 0.3 is 0 Å². The van der Waals surface area contributed by atoms with Crippen LogP contribution in [0.5, 0.6) is 5.75 Å². The molecule has 0 aromatic heterocycles. The summed E-state index contributed by atoms with van der Waals surface area (Å²) in [6, 6.07) is 1.77. The lowest BCUT2D eigenvalue weighted by Crippen LogP contribution is -2.20. The van der Waals surface area contributed by atoms with E-state index in [0.717, 1.165) is 12.1 Å². The van der Waals surface area contributed by atoms with Crippen molar-refractivity contribution in [3.63, 3.8) is 0 Å². The molecule has 0 atom stereocenters. The first-order chi connectivity index (χ1) is 7.00. The number of alkyl halides is 2. The molecule has 0 fully saturated rings. The summed E-state index contributed by atoms with van der Waals surface area (Å²) in [6.45, 7) is -0.636. The van der Waals surface area contributed by atoms with E-state index in [4.69, 9.17) is 5.11 Å². The Hall–Kier alpha value is -1.30. The summed E-state index contributed by atoms with van der Waals surface area (Å²) in [6.07, 6.45) is -2.52. The summed E-state index contributed by atoms with van der Waals surface area (Å²) in [5.41, 5.74) is 0.156. The van der Waals surface area contributed by atoms with E-state index in [1.165, 1.54) is 0 Å². The van der Waals surface area contributed by atoms with Crippen LogP contribution in [-0.2, 0) is 6.54 Å². The molecule has 1 aromatic rings. The summed E-state index contributed by atoms with van der Waals surface area (Å²) in [7, 11) is 0. The Morgan fingerprint density at radius 3 is 2.20 bits per heavy atom. The highest BCUT2D eigenvalue weighted by Crippen LogP contribution is 2.21. The van der Waals surface area contributed by atoms with Gasteiger partial charge in [0, 0.05) is 6.54 Å². The van der Waals surface area contributed by atoms with Gasteiger partial charge in [0.15, 0.2) is 17.4 Å². The molecule has 0 bridgehead atoms. The van der Waals surface area contributed by atoms with Crippen molar-refractivity contribution in [2.24, 2.45) is 0 Å². The molecule has 2 N–H and O–H groups in total. The van der Waals surface area contributed by atoms with Gasteiger partial charge in [-0.15, -0.1) is 0 Å². The van der Waals surface area contributed by atoms with Crippen LogP contribution in [0.1, 0.15) is 5.56 Å². The van der Waals surface area contributed by atoms with Crippen LogP contribution in [0.4, 0.5) is 17.6 Å². The van der Waals surface area contributed by atoms with Gasteiger partial charge in [-0.3, -0.25) is 0 Å². The summed E-state index contributed by atoms with van der Waals surface area (Å²) in [4.78, 5) is 0. The maximum atomic E-state index is 12.8. The van der Waals surface area contributed by atoms with Gasteiger partial charge < -0.3 is 10.4 Å². The fourth-order valence-corrected chi connectivity index (χ4v) is 1.05. The molecule has 15 heavy (non-hydrogen) atoms. The van der Waals surface area contributed by atoms with Crippen LogP contribution >= 0.6 is 0 Å². The van der Waals surface area contributed by atoms with Crippen molar-refractivity contribution in [2.45, 2.75) is 13.0 Å². The zero-order chi connectivity index (χ0) is 11.4. The predicted molar refractivity (Wildman–Crippen MR) is 45.7 cm³/mol. The smallest absolute Gasteiger partial charge is 0.250 e. The molecule has 0 unspecified atom stereocenters. The number of nitrogens with one attached hydrogen (secondary N) is 1. The Balaban J connectivity index is 2.63. The quantitative estimate of drug-likeness (QED) is 0.765. The van der Waals surface area contributed by atoms with Crippen molar-refractivity contribution in [2.75, 3.05) is 6.54 Å². The van der Waals surface area contributed by atoms with Gasteiger partial charge in [0.2, 0.25) is 0 Å². The van der Waals surface area contributed by atoms with Gasteiger partial charge in [0.05, 0.1) is 6.54 Å². The minimum Gasteiger partial charge on any atom is -0.503 e. The average molecular weight is 223 g/mol. The fourth-order valence-electron chi connectivity index (χ4n) is 1.05. The standard InChI is InChI=1S/C9H9F4NO/c10-6-1-5(2-7(11)9(6)15)3-14-4-8(12)13/h1-2,8,14-15H,3-4H2. The number of benzene rings is 1. The van der Waals surface area contributed by atoms with E-state index in [2.05, 4.69) is 5.32 Å². The number of phenols is 1. The number of rotatable bonds is 4. The molecule has 0 spiro atoms. The molecule has 1 rings (SSSR count). The second-order valence-electron chi connectivity index (χ2n) is 2.93. The molecular weight excluding hydrogens is 214 g/mol. The highest BCUT2D eigenvalue weighted by atomic mass is 19.3. The Labute approximate surface area is 83.5 Å². The Morgan fingerprint density at radius 1 is 1.20 bits per heavy atom. The van der Waals surface area contributed by atoms with Crippen LogP contribution in [0.25, 0.3) is 0 Å². The summed E-state index contributed by atoms with van der Waals surface area (Å²) in [5, 5.41) is 11.1. The molecule has 0 aliphatic rings. The second kappa shape index (κ2) is 4.97. The molecule has 84 valence electrons. The van der Waals surface area contributed by atoms with Gasteiger partial charge in [0.25, 0.3) is 6.43 Å². The third-order valence-electron chi connectivity index (χ3n) is 1.70. The molecule has 0 radical (unpaired) electrons. The van der Waals surface area contributed by atoms with Gasteiger partial charge in [-0.05, 0) is 17.7 Å². The molecule has 0 amide bonds. The highest BCUT2D eigenvalue weighted by molar-refractivity contribution is 5.29. The zero-order valence-electron chi connectivity index (χ0n) is 7.61. The number of halogens is 4. The van der Waals surface area contributed by atoms with Gasteiger partial charge in [-0.2, -0.15) is 0 Å². The van der Waals surface area contributed by atoms with Crippen LogP contribution in [0.15, 0.2) is 12.1 Å². The monoisotopic (exact) mass is 223 g/mol. The van der Waals surface area contributed by atoms with Gasteiger partial charge in [-0.1, -0.05) is 0 Å². The maximum absolute atomic E-state index is 12.8. The van der Waals surface area contributed by atoms with E-state index < -0.39 is 30.4 Å². The number of hydrogen-bond donors (Lipinski definition) is 2. The highest BCUT2D eigenvalue weighted by Gasteiger charge is 2.09. The lowest BCUT2D eigenvalue weighted by atomic mass is 10.2. The fraction of sp³-hybridized carbons (Fsp3) is 0.333. The molecule has 6 heteroatoms. The molecular formula is C9H9F4NO. The first-order valence-electron chi connectivity index (χ1n) is 4.16. The van der Waals surface area contributed by atoms with E-state index in [1.54, 1.807) is 0 Å². The topological polar surface area (TPSA) is 32.3 Å². The summed E-state index contributed by atoms with van der Waals surface area (Å²) >= 11 is 0. The Bertz CT molecular complexity index is 320. The van der Waals surface area contributed by atoms with E-state index in [9.17, 15) is 17.6 Å². The summed E-state index contributed by atoms with van der Waals surface area (Å²) < 4.78 is 48.9. The average Bonchev–Trinajstić information content (AvgIpc) is 2.13. The number of aromatic hydroxyl groups is 1. The third kappa shape index (κ3) is 3.39. The van der Waals surface area contributed by atoms with Crippen LogP contribution < -0.4 is 5.32 Å². The van der Waals surface area contributed by atoms with Crippen molar-refractivity contribution >= 4 is 0 Å². The maximum Gasteiger partial charge on any atom is 0.250 e. The van der Waals surface area contributed by atoms with Crippen molar-refractivity contribution in [3.8, 4) is 5.75 Å². The molecule has 0 aliphatic heterocycles. The minimum atomic E-state index is -2.52.